The van der Waals surface area contributed by atoms with Crippen LogP contribution in [0.25, 0.3) is 0 Å². The van der Waals surface area contributed by atoms with E-state index in [2.05, 4.69) is 20.5 Å². The van der Waals surface area contributed by atoms with Gasteiger partial charge < -0.3 is 18.9 Å². The Balaban J connectivity index is 0.000000171. The van der Waals surface area contributed by atoms with E-state index in [9.17, 15) is 18.4 Å². The van der Waals surface area contributed by atoms with Gasteiger partial charge in [0.15, 0.2) is 17.5 Å². The lowest BCUT2D eigenvalue weighted by atomic mass is 9.83. The minimum atomic E-state index is -0.798. The second-order valence-corrected chi connectivity index (χ2v) is 11.4. The SMILES string of the molecule is CC(=O)N1CCC2(CC1)OC(=O)Nc1ncccc12.COC(C)(C)c1nnc2n1CC(c1cccc(F)c1F)CCC2. The number of nitrogens with zero attached hydrogens (tertiary/aromatic N) is 5. The Hall–Kier alpha value is -3.93. The number of methoxy groups -OCH3 is 1. The Bertz CT molecular complexity index is 1470. The molecule has 12 heteroatoms. The van der Waals surface area contributed by atoms with Gasteiger partial charge in [0.05, 0.1) is 0 Å². The van der Waals surface area contributed by atoms with E-state index in [0.717, 1.165) is 42.5 Å². The first-order chi connectivity index (χ1) is 20.0. The number of fused-ring (bicyclic) bond motifs is 3. The van der Waals surface area contributed by atoms with Gasteiger partial charge in [0.1, 0.15) is 22.8 Å². The summed E-state index contributed by atoms with van der Waals surface area (Å²) in [4.78, 5) is 29.0. The number of amides is 2. The fourth-order valence-corrected chi connectivity index (χ4v) is 5.94. The molecule has 1 saturated heterocycles. The number of piperidine rings is 1. The highest BCUT2D eigenvalue weighted by atomic mass is 19.2. The van der Waals surface area contributed by atoms with Crippen LogP contribution in [0.3, 0.4) is 0 Å². The predicted molar refractivity (Wildman–Crippen MR) is 150 cm³/mol. The van der Waals surface area contributed by atoms with Gasteiger partial charge in [-0.2, -0.15) is 0 Å². The average Bonchev–Trinajstić information content (AvgIpc) is 3.26. The molecule has 10 nitrogen and oxygen atoms in total. The molecule has 3 aliphatic rings. The first kappa shape index (κ1) is 29.6. The molecule has 2 aromatic heterocycles. The van der Waals surface area contributed by atoms with Crippen LogP contribution in [0.5, 0.6) is 0 Å². The lowest BCUT2D eigenvalue weighted by Gasteiger charge is -2.43. The molecular formula is C30H36F2N6O4. The molecule has 1 N–H and O–H groups in total. The van der Waals surface area contributed by atoms with Crippen molar-refractivity contribution >= 4 is 17.8 Å². The lowest BCUT2D eigenvalue weighted by molar-refractivity contribution is -0.133. The fourth-order valence-electron chi connectivity index (χ4n) is 5.94. The summed E-state index contributed by atoms with van der Waals surface area (Å²) in [6.45, 7) is 7.13. The van der Waals surface area contributed by atoms with Gasteiger partial charge in [-0.1, -0.05) is 12.1 Å². The van der Waals surface area contributed by atoms with Gasteiger partial charge >= 0.3 is 6.09 Å². The van der Waals surface area contributed by atoms with Gasteiger partial charge in [-0.3, -0.25) is 10.1 Å². The summed E-state index contributed by atoms with van der Waals surface area (Å²) in [5.41, 5.74) is 0.101. The maximum atomic E-state index is 14.2. The third-order valence-electron chi connectivity index (χ3n) is 8.48. The Morgan fingerprint density at radius 3 is 2.64 bits per heavy atom. The number of carbonyl (C=O) groups excluding carboxylic acids is 2. The van der Waals surface area contributed by atoms with Crippen LogP contribution in [0.4, 0.5) is 19.4 Å². The van der Waals surface area contributed by atoms with Crippen molar-refractivity contribution in [2.75, 3.05) is 25.5 Å². The second kappa shape index (κ2) is 11.7. The van der Waals surface area contributed by atoms with Crippen molar-refractivity contribution < 1.29 is 27.8 Å². The highest BCUT2D eigenvalue weighted by Gasteiger charge is 2.45. The predicted octanol–water partition coefficient (Wildman–Crippen LogP) is 5.04. The summed E-state index contributed by atoms with van der Waals surface area (Å²) < 4.78 is 40.8. The number of ether oxygens (including phenoxy) is 2. The van der Waals surface area contributed by atoms with Crippen molar-refractivity contribution in [1.82, 2.24) is 24.6 Å². The molecule has 0 aliphatic carbocycles. The zero-order valence-electron chi connectivity index (χ0n) is 24.3. The number of aromatic nitrogens is 4. The summed E-state index contributed by atoms with van der Waals surface area (Å²) in [5, 5.41) is 11.1. The number of benzene rings is 1. The van der Waals surface area contributed by atoms with Crippen molar-refractivity contribution in [1.29, 1.82) is 0 Å². The van der Waals surface area contributed by atoms with Crippen LogP contribution >= 0.6 is 0 Å². The smallest absolute Gasteiger partial charge is 0.413 e. The van der Waals surface area contributed by atoms with E-state index in [4.69, 9.17) is 9.47 Å². The van der Waals surface area contributed by atoms with Gasteiger partial charge in [-0.25, -0.2) is 18.6 Å². The van der Waals surface area contributed by atoms with Crippen molar-refractivity contribution in [2.24, 2.45) is 0 Å². The molecule has 42 heavy (non-hydrogen) atoms. The molecule has 2 amide bonds. The van der Waals surface area contributed by atoms with E-state index >= 15 is 0 Å². The van der Waals surface area contributed by atoms with Crippen LogP contribution in [0.15, 0.2) is 36.5 Å². The van der Waals surface area contributed by atoms with Gasteiger partial charge in [0, 0.05) is 70.6 Å². The molecule has 3 aliphatic heterocycles. The number of rotatable bonds is 3. The lowest BCUT2D eigenvalue weighted by Crippen LogP contribution is -2.49. The van der Waals surface area contributed by atoms with Crippen molar-refractivity contribution in [2.45, 2.75) is 76.5 Å². The van der Waals surface area contributed by atoms with Crippen molar-refractivity contribution in [3.05, 3.63) is 70.9 Å². The van der Waals surface area contributed by atoms with Crippen LogP contribution in [0.2, 0.25) is 0 Å². The molecule has 1 unspecified atom stereocenters. The van der Waals surface area contributed by atoms with Crippen LogP contribution in [-0.4, -0.2) is 56.8 Å². The molecular weight excluding hydrogens is 546 g/mol. The number of halogens is 2. The number of likely N-dealkylation sites (tertiary alicyclic amines) is 1. The molecule has 5 heterocycles. The normalized spacial score (nSPS) is 19.4. The van der Waals surface area contributed by atoms with Gasteiger partial charge in [-0.15, -0.1) is 10.2 Å². The molecule has 6 rings (SSSR count). The van der Waals surface area contributed by atoms with Crippen LogP contribution in [0, 0.1) is 11.6 Å². The van der Waals surface area contributed by atoms with E-state index in [1.54, 1.807) is 37.3 Å². The molecule has 0 bridgehead atoms. The van der Waals surface area contributed by atoms with E-state index in [0.29, 0.717) is 43.9 Å². The van der Waals surface area contributed by atoms with E-state index < -0.39 is 28.9 Å². The number of hydrogen-bond donors (Lipinski definition) is 1. The number of carbonyl (C=O) groups is 2. The first-order valence-corrected chi connectivity index (χ1v) is 14.2. The number of hydrogen-bond acceptors (Lipinski definition) is 7. The van der Waals surface area contributed by atoms with Crippen molar-refractivity contribution in [3.63, 3.8) is 0 Å². The van der Waals surface area contributed by atoms with Crippen LogP contribution in [-0.2, 0) is 38.4 Å². The van der Waals surface area contributed by atoms with E-state index in [1.165, 1.54) is 0 Å². The molecule has 0 saturated carbocycles. The molecule has 3 aromatic rings. The Morgan fingerprint density at radius 2 is 1.93 bits per heavy atom. The topological polar surface area (TPSA) is 111 Å². The molecule has 1 atom stereocenters. The number of aryl methyl sites for hydroxylation is 1. The van der Waals surface area contributed by atoms with Gasteiger partial charge in [0.2, 0.25) is 5.91 Å². The largest absolute Gasteiger partial charge is 0.437 e. The summed E-state index contributed by atoms with van der Waals surface area (Å²) >= 11 is 0. The van der Waals surface area contributed by atoms with Gasteiger partial charge in [0.25, 0.3) is 0 Å². The quantitative estimate of drug-likeness (QED) is 0.461. The molecule has 224 valence electrons. The standard InChI is InChI=1S/C17H21F2N3O.C13H15N3O3/c1-17(2,23-3)16-21-20-14-9-4-6-11(10-22(14)16)12-7-5-8-13(18)15(12)19;1-9(17)16-7-4-13(5-8-16)10-3-2-6-14-11(10)15-12(18)19-13/h5,7-8,11H,4,6,9-10H2,1-3H3;2-3,6H,4-5,7-8H2,1H3,(H,14,15,18). The van der Waals surface area contributed by atoms with Gasteiger partial charge in [-0.05, 0) is 50.5 Å². The number of anilines is 1. The third-order valence-corrected chi connectivity index (χ3v) is 8.48. The minimum Gasteiger partial charge on any atom is -0.437 e. The molecule has 1 spiro atoms. The fraction of sp³-hybridized carbons (Fsp3) is 0.500. The molecule has 1 fully saturated rings. The number of nitrogens with one attached hydrogen (secondary N) is 1. The maximum absolute atomic E-state index is 14.2. The number of pyridine rings is 1. The van der Waals surface area contributed by atoms with Crippen LogP contribution < -0.4 is 5.32 Å². The zero-order valence-corrected chi connectivity index (χ0v) is 24.3. The average molecular weight is 583 g/mol. The summed E-state index contributed by atoms with van der Waals surface area (Å²) in [7, 11) is 1.63. The molecule has 1 aromatic carbocycles. The third kappa shape index (κ3) is 5.72. The Labute approximate surface area is 243 Å². The summed E-state index contributed by atoms with van der Waals surface area (Å²) in [5.74, 6) is 0.573. The summed E-state index contributed by atoms with van der Waals surface area (Å²) in [6, 6.07) is 8.13. The molecule has 0 radical (unpaired) electrons. The van der Waals surface area contributed by atoms with Crippen LogP contribution in [0.1, 0.15) is 75.1 Å². The zero-order chi connectivity index (χ0) is 30.1. The Kier molecular flexibility index (Phi) is 8.27. The van der Waals surface area contributed by atoms with E-state index in [-0.39, 0.29) is 11.8 Å². The Morgan fingerprint density at radius 1 is 1.17 bits per heavy atom. The summed E-state index contributed by atoms with van der Waals surface area (Å²) in [6.07, 6.45) is 4.82. The monoisotopic (exact) mass is 582 g/mol. The van der Waals surface area contributed by atoms with E-state index in [1.807, 2.05) is 30.5 Å². The minimum absolute atomic E-state index is 0.0570. The first-order valence-electron chi connectivity index (χ1n) is 14.2. The maximum Gasteiger partial charge on any atom is 0.413 e. The second-order valence-electron chi connectivity index (χ2n) is 11.4. The highest BCUT2D eigenvalue weighted by Crippen LogP contribution is 2.42. The highest BCUT2D eigenvalue weighted by molar-refractivity contribution is 5.87. The van der Waals surface area contributed by atoms with Crippen molar-refractivity contribution in [3.8, 4) is 0 Å².